The molecule has 0 amide bonds. The minimum Gasteiger partial charge on any atom is -0.481 e. The van der Waals surface area contributed by atoms with Gasteiger partial charge < -0.3 is 39.6 Å². The minimum atomic E-state index is -0.872. The van der Waals surface area contributed by atoms with Gasteiger partial charge in [-0.2, -0.15) is 13.5 Å². The number of hydrogen-bond donors (Lipinski definition) is 3. The molecule has 0 aliphatic heterocycles. The van der Waals surface area contributed by atoms with E-state index >= 15 is 0 Å². The molecule has 0 saturated heterocycles. The van der Waals surface area contributed by atoms with Crippen LogP contribution in [0.2, 0.25) is 0 Å². The molecule has 0 radical (unpaired) electrons. The van der Waals surface area contributed by atoms with Crippen LogP contribution in [0.25, 0.3) is 0 Å². The Morgan fingerprint density at radius 3 is 1.04 bits per heavy atom. The van der Waals surface area contributed by atoms with E-state index in [4.69, 9.17) is 44.7 Å². The van der Waals surface area contributed by atoms with Crippen LogP contribution in [0.4, 0.5) is 0 Å². The molecule has 3 aliphatic carbocycles. The number of Topliss-reactive ketones (excluding diaryl/α,β-unsaturated/α-hetero) is 2. The van der Waals surface area contributed by atoms with Crippen molar-refractivity contribution in [3.63, 3.8) is 0 Å². The molecule has 0 aromatic carbocycles. The van der Waals surface area contributed by atoms with Gasteiger partial charge in [-0.15, -0.1) is 0 Å². The highest BCUT2D eigenvalue weighted by molar-refractivity contribution is 7.59. The largest absolute Gasteiger partial charge is 0.481 e. The summed E-state index contributed by atoms with van der Waals surface area (Å²) in [6.07, 6.45) is 29.1. The molecular formula is C73H118N4O13S. The maximum Gasteiger partial charge on any atom is 0.322 e. The summed E-state index contributed by atoms with van der Waals surface area (Å²) >= 11 is 0. The molecule has 4 N–H and O–H groups in total. The number of aliphatic carboxylic acids is 2. The van der Waals surface area contributed by atoms with Crippen molar-refractivity contribution >= 4 is 48.9 Å². The number of aryl methyl sites for hydroxylation is 9. The molecule has 514 valence electrons. The molecule has 0 bridgehead atoms. The lowest BCUT2D eigenvalue weighted by Gasteiger charge is -2.17. The van der Waals surface area contributed by atoms with Crippen molar-refractivity contribution < 1.29 is 62.7 Å². The van der Waals surface area contributed by atoms with Crippen molar-refractivity contribution in [3.05, 3.63) is 87.3 Å². The molecule has 3 aliphatic rings. The van der Waals surface area contributed by atoms with E-state index in [0.717, 1.165) is 127 Å². The number of pyridine rings is 3. The summed E-state index contributed by atoms with van der Waals surface area (Å²) in [5.74, 6) is -2.97. The number of ether oxygens (including phenoxy) is 5. The van der Waals surface area contributed by atoms with Crippen LogP contribution in [0.15, 0.2) is 36.4 Å². The summed E-state index contributed by atoms with van der Waals surface area (Å²) < 4.78 is 26.5. The fourth-order valence-electron chi connectivity index (χ4n) is 11.9. The lowest BCUT2D eigenvalue weighted by atomic mass is 9.89. The maximum atomic E-state index is 12.4. The Morgan fingerprint density at radius 1 is 0.418 bits per heavy atom. The van der Waals surface area contributed by atoms with Crippen molar-refractivity contribution in [1.82, 2.24) is 15.0 Å². The number of aromatic nitrogens is 3. The molecule has 0 saturated carbocycles. The molecule has 3 aromatic heterocycles. The normalized spacial score (nSPS) is 14.1. The molecule has 3 atom stereocenters. The number of carbonyl (C=O) groups is 6. The second-order valence-corrected chi connectivity index (χ2v) is 24.5. The SMILES string of the molecule is CCC(CC)C(=O)CC(CCCOCCCc1ccc2c(n1)CCCC2)C(=O)O.CCC(CC)C(=O)C[C@@H](CCCOCCCc1ccc2c(n1)CCCC2)C(=O)OC.CCC(CC)C(=O)O.COC(=O)C(N)CCCOCCCc1ccc2c(n1)CCCC2.S. The lowest BCUT2D eigenvalue weighted by molar-refractivity contribution is -0.148. The van der Waals surface area contributed by atoms with Crippen molar-refractivity contribution in [2.75, 3.05) is 53.9 Å². The summed E-state index contributed by atoms with van der Waals surface area (Å²) in [4.78, 5) is 83.8. The van der Waals surface area contributed by atoms with E-state index in [1.807, 2.05) is 41.5 Å². The van der Waals surface area contributed by atoms with Crippen LogP contribution in [0.5, 0.6) is 0 Å². The van der Waals surface area contributed by atoms with E-state index < -0.39 is 23.9 Å². The van der Waals surface area contributed by atoms with Crippen LogP contribution >= 0.6 is 13.5 Å². The average molecular weight is 1290 g/mol. The van der Waals surface area contributed by atoms with Crippen LogP contribution in [-0.4, -0.2) is 121 Å². The molecule has 91 heavy (non-hydrogen) atoms. The second-order valence-electron chi connectivity index (χ2n) is 24.5. The number of rotatable bonds is 40. The highest BCUT2D eigenvalue weighted by atomic mass is 32.1. The van der Waals surface area contributed by atoms with Crippen LogP contribution in [0, 0.1) is 29.6 Å². The molecule has 3 heterocycles. The molecule has 3 aromatic rings. The number of methoxy groups -OCH3 is 2. The average Bonchev–Trinajstić information content (AvgIpc) is 2.32. The van der Waals surface area contributed by atoms with Gasteiger partial charge in [0.15, 0.2) is 0 Å². The second kappa shape index (κ2) is 49.4. The predicted octanol–water partition coefficient (Wildman–Crippen LogP) is 13.5. The van der Waals surface area contributed by atoms with Gasteiger partial charge in [0.1, 0.15) is 17.6 Å². The van der Waals surface area contributed by atoms with E-state index in [-0.39, 0.29) is 73.5 Å². The Balaban J connectivity index is 0.000000438. The number of nitrogens with zero attached hydrogens (tertiary/aromatic N) is 3. The zero-order valence-electron chi connectivity index (χ0n) is 57.1. The Kier molecular flexibility index (Phi) is 44.5. The van der Waals surface area contributed by atoms with Gasteiger partial charge in [-0.1, -0.05) is 59.7 Å². The lowest BCUT2D eigenvalue weighted by Crippen LogP contribution is -2.31. The number of hydrogen-bond acceptors (Lipinski definition) is 15. The number of fused-ring (bicyclic) bond motifs is 3. The van der Waals surface area contributed by atoms with E-state index in [1.54, 1.807) is 0 Å². The first-order valence-corrected chi connectivity index (χ1v) is 34.6. The third-order valence-corrected chi connectivity index (χ3v) is 17.9. The molecule has 0 fully saturated rings. The van der Waals surface area contributed by atoms with Gasteiger partial charge in [0.2, 0.25) is 0 Å². The van der Waals surface area contributed by atoms with E-state index in [1.165, 1.54) is 105 Å². The smallest absolute Gasteiger partial charge is 0.322 e. The summed E-state index contributed by atoms with van der Waals surface area (Å²) in [6.45, 7) is 15.6. The monoisotopic (exact) mass is 1290 g/mol. The first-order valence-electron chi connectivity index (χ1n) is 34.6. The van der Waals surface area contributed by atoms with Gasteiger partial charge in [0.25, 0.3) is 0 Å². The summed E-state index contributed by atoms with van der Waals surface area (Å²) in [5, 5.41) is 17.8. The predicted molar refractivity (Wildman–Crippen MR) is 364 cm³/mol. The van der Waals surface area contributed by atoms with Crippen LogP contribution in [0.1, 0.15) is 240 Å². The van der Waals surface area contributed by atoms with E-state index in [2.05, 4.69) is 41.1 Å². The highest BCUT2D eigenvalue weighted by Crippen LogP contribution is 2.25. The Morgan fingerprint density at radius 2 is 0.725 bits per heavy atom. The third-order valence-electron chi connectivity index (χ3n) is 17.9. The first-order chi connectivity index (χ1) is 43.5. The van der Waals surface area contributed by atoms with Crippen LogP contribution in [-0.2, 0) is 110 Å². The van der Waals surface area contributed by atoms with E-state index in [9.17, 15) is 33.9 Å². The number of carbonyl (C=O) groups excluding carboxylic acids is 4. The van der Waals surface area contributed by atoms with Crippen molar-refractivity contribution in [3.8, 4) is 0 Å². The van der Waals surface area contributed by atoms with Gasteiger partial charge in [0.05, 0.1) is 32.0 Å². The molecular weight excluding hydrogens is 1170 g/mol. The summed E-state index contributed by atoms with van der Waals surface area (Å²) in [7, 11) is 2.75. The highest BCUT2D eigenvalue weighted by Gasteiger charge is 2.27. The van der Waals surface area contributed by atoms with Crippen molar-refractivity contribution in [1.29, 1.82) is 0 Å². The van der Waals surface area contributed by atoms with Gasteiger partial charge in [-0.25, -0.2) is 0 Å². The molecule has 0 spiro atoms. The summed E-state index contributed by atoms with van der Waals surface area (Å²) in [5.41, 5.74) is 17.2. The number of ketones is 2. The molecule has 17 nitrogen and oxygen atoms in total. The number of carboxylic acids is 2. The fourth-order valence-corrected chi connectivity index (χ4v) is 11.9. The van der Waals surface area contributed by atoms with Crippen molar-refractivity contribution in [2.45, 2.75) is 253 Å². The number of esters is 2. The molecule has 18 heteroatoms. The maximum absolute atomic E-state index is 12.4. The zero-order chi connectivity index (χ0) is 65.9. The molecule has 6 rings (SSSR count). The Hall–Kier alpha value is -5.14. The minimum absolute atomic E-state index is 0. The van der Waals surface area contributed by atoms with Crippen LogP contribution < -0.4 is 5.73 Å². The Bertz CT molecular complexity index is 2540. The van der Waals surface area contributed by atoms with Gasteiger partial charge >= 0.3 is 23.9 Å². The fraction of sp³-hybridized carbons (Fsp3) is 0.712. The van der Waals surface area contributed by atoms with Crippen LogP contribution in [0.3, 0.4) is 0 Å². The molecule has 2 unspecified atom stereocenters. The number of carboxylic acid groups (broad SMARTS) is 2. The quantitative estimate of drug-likeness (QED) is 0.0353. The summed E-state index contributed by atoms with van der Waals surface area (Å²) in [6, 6.07) is 12.6. The number of nitrogens with two attached hydrogens (primary N) is 1. The standard InChI is InChI=1S/C25H39NO4.C24H37NO4.C18H28N2O3.C6H12O2.H2S/c1-4-19(5-2)24(27)18-21(25(28)29-3)11-8-16-30-17-9-12-22-15-14-20-10-6-7-13-23(20)26-22;1-3-18(4-2)23(26)17-20(24(27)28)10-7-15-29-16-8-11-21-14-13-19-9-5-6-12-22(19)25-21;1-22-18(21)16(19)8-5-13-23-12-4-7-15-11-10-14-6-2-3-9-17(14)20-15;1-3-5(4-2)6(7)8;/h14-15,19,21H,4-13,16-18H2,1-3H3;13-14,18,20H,3-12,15-17H2,1-2H3,(H,27,28);10-11,16H,2-9,12-13,19H2,1H3;5H,3-4H2,1-2H3,(H,7,8);1H2/t21-;;;;/m1..../s1. The van der Waals surface area contributed by atoms with E-state index in [0.29, 0.717) is 65.3 Å². The third kappa shape index (κ3) is 33.0. The zero-order valence-corrected chi connectivity index (χ0v) is 58.1. The van der Waals surface area contributed by atoms with Crippen molar-refractivity contribution in [2.24, 2.45) is 35.3 Å². The van der Waals surface area contributed by atoms with Gasteiger partial charge in [-0.05, 0) is 228 Å². The topological polar surface area (TPSA) is 254 Å². The Labute approximate surface area is 553 Å². The van der Waals surface area contributed by atoms with Gasteiger partial charge in [0, 0.05) is 98.5 Å². The first kappa shape index (κ1) is 82.0. The van der Waals surface area contributed by atoms with Gasteiger partial charge in [-0.3, -0.25) is 43.7 Å².